The van der Waals surface area contributed by atoms with Crippen LogP contribution >= 0.6 is 11.3 Å². The van der Waals surface area contributed by atoms with Crippen LogP contribution in [0.1, 0.15) is 34.6 Å². The molecule has 6 nitrogen and oxygen atoms in total. The van der Waals surface area contributed by atoms with Crippen molar-refractivity contribution in [3.63, 3.8) is 0 Å². The van der Waals surface area contributed by atoms with Crippen LogP contribution in [0.3, 0.4) is 0 Å². The second kappa shape index (κ2) is 6.92. The Kier molecular flexibility index (Phi) is 4.82. The fourth-order valence-electron chi connectivity index (χ4n) is 3.04. The maximum Gasteiger partial charge on any atom is 0.331 e. The Balaban J connectivity index is 2.16. The molecule has 3 rings (SSSR count). The first kappa shape index (κ1) is 18.1. The van der Waals surface area contributed by atoms with Crippen molar-refractivity contribution in [2.24, 2.45) is 18.7 Å². The van der Waals surface area contributed by atoms with Gasteiger partial charge in [0.05, 0.1) is 5.39 Å². The van der Waals surface area contributed by atoms with Crippen LogP contribution in [0.4, 0.5) is 0 Å². The van der Waals surface area contributed by atoms with Gasteiger partial charge in [-0.25, -0.2) is 4.79 Å². The Hall–Kier alpha value is -2.67. The number of thiophene rings is 1. The molecule has 2 aromatic heterocycles. The highest BCUT2D eigenvalue weighted by Crippen LogP contribution is 2.26. The second-order valence-corrected chi connectivity index (χ2v) is 7.90. The van der Waals surface area contributed by atoms with E-state index in [2.05, 4.69) is 0 Å². The van der Waals surface area contributed by atoms with Gasteiger partial charge in [-0.2, -0.15) is 0 Å². The van der Waals surface area contributed by atoms with Gasteiger partial charge in [0.25, 0.3) is 5.56 Å². The number of rotatable bonds is 5. The van der Waals surface area contributed by atoms with E-state index in [1.807, 2.05) is 32.0 Å². The van der Waals surface area contributed by atoms with Crippen molar-refractivity contribution in [3.05, 3.63) is 67.2 Å². The third-order valence-electron chi connectivity index (χ3n) is 4.26. The predicted molar refractivity (Wildman–Crippen MR) is 104 cm³/mol. The Morgan fingerprint density at radius 2 is 1.92 bits per heavy atom. The van der Waals surface area contributed by atoms with Crippen LogP contribution in [0.2, 0.25) is 0 Å². The number of carbonyl (C=O) groups excluding carboxylic acids is 1. The zero-order chi connectivity index (χ0) is 19.0. The van der Waals surface area contributed by atoms with Gasteiger partial charge in [-0.05, 0) is 23.6 Å². The number of aromatic nitrogens is 2. The summed E-state index contributed by atoms with van der Waals surface area (Å²) in [6, 6.07) is 8.98. The maximum atomic E-state index is 12.5. The zero-order valence-electron chi connectivity index (χ0n) is 15.0. The van der Waals surface area contributed by atoms with Crippen molar-refractivity contribution in [2.75, 3.05) is 0 Å². The van der Waals surface area contributed by atoms with E-state index in [0.717, 1.165) is 15.0 Å². The number of nitrogens with zero attached hydrogens (tertiary/aromatic N) is 2. The molecule has 0 fully saturated rings. The van der Waals surface area contributed by atoms with Crippen LogP contribution in [0.5, 0.6) is 0 Å². The molecule has 1 aromatic carbocycles. The number of primary amides is 1. The lowest BCUT2D eigenvalue weighted by Gasteiger charge is -2.11. The Labute approximate surface area is 154 Å². The monoisotopic (exact) mass is 371 g/mol. The lowest BCUT2D eigenvalue weighted by atomic mass is 10.0. The van der Waals surface area contributed by atoms with E-state index < -0.39 is 5.91 Å². The fourth-order valence-corrected chi connectivity index (χ4v) is 4.21. The van der Waals surface area contributed by atoms with Gasteiger partial charge < -0.3 is 5.73 Å². The number of benzene rings is 1. The number of hydrogen-bond donors (Lipinski definition) is 1. The summed E-state index contributed by atoms with van der Waals surface area (Å²) in [4.78, 5) is 38.3. The van der Waals surface area contributed by atoms with Crippen LogP contribution in [0.15, 0.2) is 39.9 Å². The molecule has 7 heteroatoms. The molecule has 0 unspecified atom stereocenters. The summed E-state index contributed by atoms with van der Waals surface area (Å²) in [5, 5.41) is 0.532. The molecule has 0 aliphatic heterocycles. The van der Waals surface area contributed by atoms with E-state index in [9.17, 15) is 14.4 Å². The van der Waals surface area contributed by atoms with Gasteiger partial charge in [0.1, 0.15) is 4.83 Å². The molecule has 0 saturated heterocycles. The van der Waals surface area contributed by atoms with E-state index in [1.165, 1.54) is 18.4 Å². The summed E-state index contributed by atoms with van der Waals surface area (Å²) in [5.41, 5.74) is 6.13. The summed E-state index contributed by atoms with van der Waals surface area (Å²) in [6.45, 7) is 4.60. The molecule has 1 amide bonds. The van der Waals surface area contributed by atoms with E-state index >= 15 is 0 Å². The minimum absolute atomic E-state index is 0.273. The van der Waals surface area contributed by atoms with Crippen LogP contribution in [-0.4, -0.2) is 15.0 Å². The summed E-state index contributed by atoms with van der Waals surface area (Å²) in [7, 11) is 1.50. The Morgan fingerprint density at radius 1 is 1.23 bits per heavy atom. The smallest absolute Gasteiger partial charge is 0.331 e. The topological polar surface area (TPSA) is 87.1 Å². The molecule has 0 bridgehead atoms. The SMILES string of the molecule is CC(C)Cn1c(=O)n(C)c(=O)c2cc(Cc3ccccc3C(N)=O)sc21. The standard InChI is InChI=1S/C19H21N3O3S/c1-11(2)10-22-18-15(17(24)21(3)19(22)25)9-13(26-18)8-12-6-4-5-7-14(12)16(20)23/h4-7,9,11H,8,10H2,1-3H3,(H2,20,23). The van der Waals surface area contributed by atoms with E-state index in [1.54, 1.807) is 16.7 Å². The van der Waals surface area contributed by atoms with Crippen LogP contribution < -0.4 is 17.0 Å². The first-order valence-corrected chi connectivity index (χ1v) is 9.21. The summed E-state index contributed by atoms with van der Waals surface area (Å²) < 4.78 is 2.81. The molecule has 2 heterocycles. The molecule has 136 valence electrons. The third kappa shape index (κ3) is 3.22. The lowest BCUT2D eigenvalue weighted by Crippen LogP contribution is -2.38. The highest BCUT2D eigenvalue weighted by Gasteiger charge is 2.16. The van der Waals surface area contributed by atoms with Crippen molar-refractivity contribution < 1.29 is 4.79 Å². The summed E-state index contributed by atoms with van der Waals surface area (Å²) in [5.74, 6) is -0.205. The minimum atomic E-state index is -0.477. The molecule has 0 aliphatic rings. The number of fused-ring (bicyclic) bond motifs is 1. The maximum absolute atomic E-state index is 12.5. The van der Waals surface area contributed by atoms with Gasteiger partial charge in [0.2, 0.25) is 5.91 Å². The summed E-state index contributed by atoms with van der Waals surface area (Å²) >= 11 is 1.42. The van der Waals surface area contributed by atoms with Crippen LogP contribution in [-0.2, 0) is 20.0 Å². The van der Waals surface area contributed by atoms with Gasteiger partial charge >= 0.3 is 5.69 Å². The highest BCUT2D eigenvalue weighted by molar-refractivity contribution is 7.18. The average Bonchev–Trinajstić information content (AvgIpc) is 3.00. The van der Waals surface area contributed by atoms with E-state index in [0.29, 0.717) is 28.7 Å². The van der Waals surface area contributed by atoms with Crippen LogP contribution in [0.25, 0.3) is 10.2 Å². The minimum Gasteiger partial charge on any atom is -0.366 e. The number of carbonyl (C=O) groups is 1. The van der Waals surface area contributed by atoms with Crippen molar-refractivity contribution in [1.82, 2.24) is 9.13 Å². The molecule has 26 heavy (non-hydrogen) atoms. The molecule has 0 atom stereocenters. The van der Waals surface area contributed by atoms with Crippen molar-refractivity contribution >= 4 is 27.5 Å². The molecular weight excluding hydrogens is 350 g/mol. The molecule has 3 aromatic rings. The molecule has 0 saturated carbocycles. The van der Waals surface area contributed by atoms with Gasteiger partial charge in [0, 0.05) is 30.5 Å². The highest BCUT2D eigenvalue weighted by atomic mass is 32.1. The quantitative estimate of drug-likeness (QED) is 0.745. The largest absolute Gasteiger partial charge is 0.366 e. The van der Waals surface area contributed by atoms with Crippen LogP contribution in [0, 0.1) is 5.92 Å². The number of nitrogens with two attached hydrogens (primary N) is 1. The Bertz CT molecular complexity index is 1110. The van der Waals surface area contributed by atoms with Gasteiger partial charge in [-0.15, -0.1) is 11.3 Å². The average molecular weight is 371 g/mol. The lowest BCUT2D eigenvalue weighted by molar-refractivity contribution is 0.0999. The van der Waals surface area contributed by atoms with Gasteiger partial charge in [-0.3, -0.25) is 18.7 Å². The first-order valence-electron chi connectivity index (χ1n) is 8.39. The molecule has 0 aliphatic carbocycles. The normalized spacial score (nSPS) is 11.4. The summed E-state index contributed by atoms with van der Waals surface area (Å²) in [6.07, 6.45) is 0.484. The third-order valence-corrected chi connectivity index (χ3v) is 5.41. The zero-order valence-corrected chi connectivity index (χ0v) is 15.8. The number of hydrogen-bond acceptors (Lipinski definition) is 4. The number of amides is 1. The molecule has 0 spiro atoms. The van der Waals surface area contributed by atoms with Crippen molar-refractivity contribution in [2.45, 2.75) is 26.8 Å². The molecule has 2 N–H and O–H groups in total. The van der Waals surface area contributed by atoms with Gasteiger partial charge in [-0.1, -0.05) is 32.0 Å². The first-order chi connectivity index (χ1) is 12.3. The van der Waals surface area contributed by atoms with Gasteiger partial charge in [0.15, 0.2) is 0 Å². The molecular formula is C19H21N3O3S. The second-order valence-electron chi connectivity index (χ2n) is 6.78. The van der Waals surface area contributed by atoms with Crippen molar-refractivity contribution in [1.29, 1.82) is 0 Å². The van der Waals surface area contributed by atoms with E-state index in [4.69, 9.17) is 5.73 Å². The predicted octanol–water partition coefficient (Wildman–Crippen LogP) is 2.11. The molecule has 0 radical (unpaired) electrons. The van der Waals surface area contributed by atoms with E-state index in [-0.39, 0.29) is 17.2 Å². The fraction of sp³-hybridized carbons (Fsp3) is 0.316. The Morgan fingerprint density at radius 3 is 2.58 bits per heavy atom. The van der Waals surface area contributed by atoms with Crippen molar-refractivity contribution in [3.8, 4) is 0 Å².